The maximum atomic E-state index is 11.2. The molecule has 0 radical (unpaired) electrons. The fourth-order valence-electron chi connectivity index (χ4n) is 1.17. The highest BCUT2D eigenvalue weighted by molar-refractivity contribution is 5.24. The second-order valence-corrected chi connectivity index (χ2v) is 2.56. The van der Waals surface area contributed by atoms with Crippen LogP contribution in [0.25, 0.3) is 6.08 Å². The van der Waals surface area contributed by atoms with Crippen LogP contribution in [-0.4, -0.2) is 16.5 Å². The van der Waals surface area contributed by atoms with Crippen LogP contribution >= 0.6 is 0 Å². The first-order valence-electron chi connectivity index (χ1n) is 3.68. The van der Waals surface area contributed by atoms with E-state index in [4.69, 9.17) is 5.73 Å². The minimum Gasteiger partial charge on any atom is -0.369 e. The fourth-order valence-corrected chi connectivity index (χ4v) is 1.17. The Labute approximate surface area is 67.7 Å². The Kier molecular flexibility index (Phi) is 1.43. The van der Waals surface area contributed by atoms with Crippen molar-refractivity contribution in [2.45, 2.75) is 6.42 Å². The van der Waals surface area contributed by atoms with Gasteiger partial charge in [-0.25, -0.2) is 0 Å². The van der Waals surface area contributed by atoms with Crippen molar-refractivity contribution in [2.75, 3.05) is 12.3 Å². The van der Waals surface area contributed by atoms with Gasteiger partial charge in [0.05, 0.1) is 5.22 Å². The summed E-state index contributed by atoms with van der Waals surface area (Å²) < 4.78 is 0. The molecule has 5 heteroatoms. The Morgan fingerprint density at radius 3 is 3.25 bits per heavy atom. The molecule has 1 aliphatic heterocycles. The van der Waals surface area contributed by atoms with E-state index in [9.17, 15) is 4.79 Å². The van der Waals surface area contributed by atoms with Crippen LogP contribution in [0.4, 0.5) is 5.95 Å². The van der Waals surface area contributed by atoms with Gasteiger partial charge in [-0.2, -0.15) is 4.98 Å². The molecule has 5 nitrogen and oxygen atoms in total. The quantitative estimate of drug-likeness (QED) is 0.472. The third kappa shape index (κ3) is 0.990. The smallest absolute Gasteiger partial charge is 0.261 e. The zero-order chi connectivity index (χ0) is 8.55. The summed E-state index contributed by atoms with van der Waals surface area (Å²) in [6, 6.07) is 0. The van der Waals surface area contributed by atoms with Gasteiger partial charge in [-0.1, -0.05) is 6.08 Å². The van der Waals surface area contributed by atoms with Gasteiger partial charge in [-0.05, 0) is 6.42 Å². The first-order valence-corrected chi connectivity index (χ1v) is 3.68. The predicted molar refractivity (Wildman–Crippen MR) is 44.0 cm³/mol. The molecule has 1 aliphatic rings. The van der Waals surface area contributed by atoms with Gasteiger partial charge in [-0.3, -0.25) is 14.8 Å². The summed E-state index contributed by atoms with van der Waals surface area (Å²) in [7, 11) is 0. The number of aromatic nitrogens is 2. The predicted octanol–water partition coefficient (Wildman–Crippen LogP) is -1.84. The van der Waals surface area contributed by atoms with Crippen molar-refractivity contribution in [3.8, 4) is 0 Å². The number of fused-ring (bicyclic) bond motifs is 1. The largest absolute Gasteiger partial charge is 0.369 e. The molecular formula is C7H8N4O. The molecule has 2 rings (SSSR count). The summed E-state index contributed by atoms with van der Waals surface area (Å²) in [5.41, 5.74) is 5.60. The van der Waals surface area contributed by atoms with Crippen molar-refractivity contribution < 1.29 is 0 Å². The highest BCUT2D eigenvalue weighted by atomic mass is 16.1. The number of aromatic amines is 1. The van der Waals surface area contributed by atoms with Crippen LogP contribution in [0, 0.1) is 0 Å². The molecule has 0 aromatic carbocycles. The third-order valence-corrected chi connectivity index (χ3v) is 1.69. The van der Waals surface area contributed by atoms with Crippen molar-refractivity contribution in [1.29, 1.82) is 0 Å². The van der Waals surface area contributed by atoms with E-state index in [1.54, 1.807) is 0 Å². The number of nitrogen functional groups attached to an aromatic ring is 1. The summed E-state index contributed by atoms with van der Waals surface area (Å²) in [5, 5.41) is 0.537. The molecule has 0 atom stereocenters. The fraction of sp³-hybridized carbons (Fsp3) is 0.286. The lowest BCUT2D eigenvalue weighted by Gasteiger charge is -1.97. The number of hydrogen-bond donors (Lipinski definition) is 2. The number of anilines is 1. The SMILES string of the molecule is Nc1nc2c(c(=O)[nH]1)=CCCN=2. The van der Waals surface area contributed by atoms with Crippen LogP contribution in [0.15, 0.2) is 9.79 Å². The van der Waals surface area contributed by atoms with Crippen LogP contribution in [0.3, 0.4) is 0 Å². The Morgan fingerprint density at radius 1 is 1.58 bits per heavy atom. The van der Waals surface area contributed by atoms with Gasteiger partial charge < -0.3 is 5.73 Å². The lowest BCUT2D eigenvalue weighted by atomic mass is 10.3. The van der Waals surface area contributed by atoms with Crippen LogP contribution in [-0.2, 0) is 0 Å². The van der Waals surface area contributed by atoms with Crippen LogP contribution in [0.5, 0.6) is 0 Å². The zero-order valence-electron chi connectivity index (χ0n) is 6.37. The topological polar surface area (TPSA) is 84.1 Å². The minimum atomic E-state index is -0.207. The summed E-state index contributed by atoms with van der Waals surface area (Å²) in [6.07, 6.45) is 2.62. The summed E-state index contributed by atoms with van der Waals surface area (Å²) >= 11 is 0. The normalized spacial score (nSPS) is 14.3. The van der Waals surface area contributed by atoms with Crippen molar-refractivity contribution >= 4 is 12.0 Å². The number of nitrogens with one attached hydrogen (secondary N) is 1. The number of hydrogen-bond acceptors (Lipinski definition) is 4. The van der Waals surface area contributed by atoms with E-state index < -0.39 is 0 Å². The lowest BCUT2D eigenvalue weighted by Crippen LogP contribution is -2.45. The summed E-state index contributed by atoms with van der Waals surface area (Å²) in [4.78, 5) is 21.6. The van der Waals surface area contributed by atoms with Crippen molar-refractivity contribution in [3.63, 3.8) is 0 Å². The average Bonchev–Trinajstić information content (AvgIpc) is 2.04. The van der Waals surface area contributed by atoms with Gasteiger partial charge in [0.1, 0.15) is 0 Å². The second-order valence-electron chi connectivity index (χ2n) is 2.56. The molecule has 0 aliphatic carbocycles. The van der Waals surface area contributed by atoms with E-state index in [0.29, 0.717) is 17.3 Å². The number of H-pyrrole nitrogens is 1. The van der Waals surface area contributed by atoms with Crippen molar-refractivity contribution in [2.24, 2.45) is 4.99 Å². The van der Waals surface area contributed by atoms with Gasteiger partial charge in [0.2, 0.25) is 5.95 Å². The highest BCUT2D eigenvalue weighted by Gasteiger charge is 2.00. The Hall–Kier alpha value is -1.65. The molecule has 1 aromatic heterocycles. The molecule has 3 N–H and O–H groups in total. The molecule has 0 amide bonds. The van der Waals surface area contributed by atoms with Crippen LogP contribution in [0.1, 0.15) is 6.42 Å². The molecule has 0 bridgehead atoms. The average molecular weight is 164 g/mol. The zero-order valence-corrected chi connectivity index (χ0v) is 6.37. The van der Waals surface area contributed by atoms with Crippen LogP contribution in [0.2, 0.25) is 0 Å². The van der Waals surface area contributed by atoms with E-state index in [1.807, 2.05) is 6.08 Å². The molecule has 0 unspecified atom stereocenters. The first-order chi connectivity index (χ1) is 5.77. The Balaban J connectivity index is 2.97. The van der Waals surface area contributed by atoms with E-state index in [1.165, 1.54) is 0 Å². The van der Waals surface area contributed by atoms with E-state index in [0.717, 1.165) is 6.42 Å². The Morgan fingerprint density at radius 2 is 2.42 bits per heavy atom. The minimum absolute atomic E-state index is 0.123. The molecule has 0 saturated heterocycles. The monoisotopic (exact) mass is 164 g/mol. The van der Waals surface area contributed by atoms with Gasteiger partial charge in [-0.15, -0.1) is 0 Å². The molecule has 12 heavy (non-hydrogen) atoms. The molecular weight excluding hydrogens is 156 g/mol. The standard InChI is InChI=1S/C7H8N4O/c8-7-10-5-4(6(12)11-7)2-1-3-9-5/h2H,1,3H2,(H3,8,9,10,11,12). The van der Waals surface area contributed by atoms with E-state index in [-0.39, 0.29) is 11.5 Å². The van der Waals surface area contributed by atoms with E-state index >= 15 is 0 Å². The van der Waals surface area contributed by atoms with Crippen molar-refractivity contribution in [3.05, 3.63) is 21.1 Å². The summed E-state index contributed by atoms with van der Waals surface area (Å²) in [5.74, 6) is 0.123. The Bertz CT molecular complexity index is 473. The highest BCUT2D eigenvalue weighted by Crippen LogP contribution is 1.83. The maximum Gasteiger partial charge on any atom is 0.261 e. The molecule has 0 saturated carbocycles. The number of nitrogens with two attached hydrogens (primary N) is 1. The van der Waals surface area contributed by atoms with Crippen LogP contribution < -0.4 is 22.0 Å². The molecule has 0 spiro atoms. The van der Waals surface area contributed by atoms with Gasteiger partial charge in [0, 0.05) is 6.54 Å². The van der Waals surface area contributed by atoms with Gasteiger partial charge in [0.15, 0.2) is 5.49 Å². The molecule has 0 fully saturated rings. The molecule has 62 valence electrons. The molecule has 1 aromatic rings. The van der Waals surface area contributed by atoms with Crippen molar-refractivity contribution in [1.82, 2.24) is 9.97 Å². The first kappa shape index (κ1) is 7.02. The second kappa shape index (κ2) is 2.44. The summed E-state index contributed by atoms with van der Waals surface area (Å²) in [6.45, 7) is 0.683. The lowest BCUT2D eigenvalue weighted by molar-refractivity contribution is 0.894. The van der Waals surface area contributed by atoms with Gasteiger partial charge in [0.25, 0.3) is 5.56 Å². The number of nitrogens with zero attached hydrogens (tertiary/aromatic N) is 2. The molecule has 2 heterocycles. The van der Waals surface area contributed by atoms with Gasteiger partial charge >= 0.3 is 0 Å². The third-order valence-electron chi connectivity index (χ3n) is 1.69. The van der Waals surface area contributed by atoms with E-state index in [2.05, 4.69) is 15.0 Å². The number of rotatable bonds is 0. The maximum absolute atomic E-state index is 11.2.